The minimum atomic E-state index is 0.375. The first-order valence-corrected chi connectivity index (χ1v) is 5.39. The molecule has 4 N–H and O–H groups in total. The van der Waals surface area contributed by atoms with Gasteiger partial charge in [-0.05, 0) is 24.3 Å². The Labute approximate surface area is 101 Å². The molecule has 0 fully saturated rings. The molecule has 0 spiro atoms. The van der Waals surface area contributed by atoms with E-state index in [4.69, 9.17) is 5.84 Å². The molecule has 82 valence electrons. The van der Waals surface area contributed by atoms with Crippen LogP contribution >= 0.6 is 15.9 Å². The summed E-state index contributed by atoms with van der Waals surface area (Å²) in [5, 5.41) is 3.14. The first-order chi connectivity index (χ1) is 7.78. The van der Waals surface area contributed by atoms with Crippen molar-refractivity contribution < 1.29 is 0 Å². The van der Waals surface area contributed by atoms with Gasteiger partial charge in [-0.2, -0.15) is 4.98 Å². The van der Waals surface area contributed by atoms with Gasteiger partial charge in [-0.15, -0.1) is 0 Å². The number of halogens is 1. The molecular formula is C10H10BrN5. The molecule has 0 saturated heterocycles. The van der Waals surface area contributed by atoms with Crippen LogP contribution in [-0.4, -0.2) is 9.97 Å². The van der Waals surface area contributed by atoms with Gasteiger partial charge in [-0.1, -0.05) is 22.0 Å². The van der Waals surface area contributed by atoms with Crippen LogP contribution in [0.25, 0.3) is 0 Å². The molecule has 6 heteroatoms. The minimum Gasteiger partial charge on any atom is -0.340 e. The lowest BCUT2D eigenvalue weighted by molar-refractivity contribution is 1.12. The molecule has 2 aromatic rings. The molecule has 0 unspecified atom stereocenters. The van der Waals surface area contributed by atoms with Gasteiger partial charge in [0, 0.05) is 16.4 Å². The average molecular weight is 280 g/mol. The Morgan fingerprint density at radius 3 is 2.88 bits per heavy atom. The van der Waals surface area contributed by atoms with Crippen LogP contribution in [-0.2, 0) is 0 Å². The Morgan fingerprint density at radius 1 is 1.25 bits per heavy atom. The summed E-state index contributed by atoms with van der Waals surface area (Å²) in [6.45, 7) is 0. The lowest BCUT2D eigenvalue weighted by Crippen LogP contribution is -2.10. The van der Waals surface area contributed by atoms with E-state index >= 15 is 0 Å². The molecule has 1 aromatic carbocycles. The summed E-state index contributed by atoms with van der Waals surface area (Å²) in [5.74, 6) is 6.28. The SMILES string of the molecule is NNc1nccc(Nc2cccc(Br)c2)n1. The van der Waals surface area contributed by atoms with Crippen molar-refractivity contribution in [3.8, 4) is 0 Å². The quantitative estimate of drug-likeness (QED) is 0.594. The van der Waals surface area contributed by atoms with Gasteiger partial charge in [0.25, 0.3) is 0 Å². The molecule has 0 bridgehead atoms. The highest BCUT2D eigenvalue weighted by atomic mass is 79.9. The van der Waals surface area contributed by atoms with Crippen molar-refractivity contribution in [1.29, 1.82) is 0 Å². The number of hydrogen-bond acceptors (Lipinski definition) is 5. The highest BCUT2D eigenvalue weighted by molar-refractivity contribution is 9.10. The molecule has 0 amide bonds. The van der Waals surface area contributed by atoms with Gasteiger partial charge in [0.15, 0.2) is 0 Å². The molecule has 16 heavy (non-hydrogen) atoms. The Kier molecular flexibility index (Phi) is 3.33. The number of anilines is 3. The Bertz CT molecular complexity index is 488. The van der Waals surface area contributed by atoms with Crippen molar-refractivity contribution in [2.45, 2.75) is 0 Å². The Balaban J connectivity index is 2.20. The maximum Gasteiger partial charge on any atom is 0.239 e. The summed E-state index contributed by atoms with van der Waals surface area (Å²) in [4.78, 5) is 8.06. The largest absolute Gasteiger partial charge is 0.340 e. The van der Waals surface area contributed by atoms with E-state index < -0.39 is 0 Å². The second-order valence-corrected chi connectivity index (χ2v) is 3.96. The van der Waals surface area contributed by atoms with E-state index in [1.807, 2.05) is 24.3 Å². The van der Waals surface area contributed by atoms with Crippen LogP contribution in [0.15, 0.2) is 41.0 Å². The topological polar surface area (TPSA) is 75.9 Å². The standard InChI is InChI=1S/C10H10BrN5/c11-7-2-1-3-8(6-7)14-9-4-5-13-10(15-9)16-12/h1-6H,12H2,(H2,13,14,15,16). The fourth-order valence-corrected chi connectivity index (χ4v) is 1.61. The zero-order valence-corrected chi connectivity index (χ0v) is 9.90. The summed E-state index contributed by atoms with van der Waals surface area (Å²) >= 11 is 3.40. The number of nitrogen functional groups attached to an aromatic ring is 1. The van der Waals surface area contributed by atoms with Crippen LogP contribution in [0.5, 0.6) is 0 Å². The molecule has 0 aliphatic rings. The number of hydrogen-bond donors (Lipinski definition) is 3. The normalized spacial score (nSPS) is 9.88. The summed E-state index contributed by atoms with van der Waals surface area (Å²) in [5.41, 5.74) is 3.33. The molecule has 1 heterocycles. The summed E-state index contributed by atoms with van der Waals surface area (Å²) < 4.78 is 1.00. The summed E-state index contributed by atoms with van der Waals surface area (Å²) in [6.07, 6.45) is 1.63. The van der Waals surface area contributed by atoms with Gasteiger partial charge in [0.05, 0.1) is 0 Å². The van der Waals surface area contributed by atoms with Crippen LogP contribution in [0, 0.1) is 0 Å². The van der Waals surface area contributed by atoms with Crippen LogP contribution in [0.3, 0.4) is 0 Å². The molecule has 0 atom stereocenters. The number of hydrazine groups is 1. The van der Waals surface area contributed by atoms with Gasteiger partial charge in [0.2, 0.25) is 5.95 Å². The molecule has 1 aromatic heterocycles. The van der Waals surface area contributed by atoms with Crippen molar-refractivity contribution in [3.05, 3.63) is 41.0 Å². The third-order valence-corrected chi connectivity index (χ3v) is 2.37. The second-order valence-electron chi connectivity index (χ2n) is 3.05. The number of nitrogens with one attached hydrogen (secondary N) is 2. The first-order valence-electron chi connectivity index (χ1n) is 4.60. The fraction of sp³-hybridized carbons (Fsp3) is 0. The van der Waals surface area contributed by atoms with Gasteiger partial charge in [0.1, 0.15) is 5.82 Å². The van der Waals surface area contributed by atoms with E-state index in [9.17, 15) is 0 Å². The van der Waals surface area contributed by atoms with Crippen molar-refractivity contribution in [2.24, 2.45) is 5.84 Å². The van der Waals surface area contributed by atoms with Crippen molar-refractivity contribution >= 4 is 33.4 Å². The van der Waals surface area contributed by atoms with Gasteiger partial charge < -0.3 is 5.32 Å². The van der Waals surface area contributed by atoms with Gasteiger partial charge in [-0.3, -0.25) is 5.43 Å². The zero-order valence-electron chi connectivity index (χ0n) is 8.31. The van der Waals surface area contributed by atoms with Crippen LogP contribution in [0.2, 0.25) is 0 Å². The van der Waals surface area contributed by atoms with Crippen LogP contribution in [0.1, 0.15) is 0 Å². The lowest BCUT2D eigenvalue weighted by atomic mass is 10.3. The van der Waals surface area contributed by atoms with E-state index in [-0.39, 0.29) is 0 Å². The van der Waals surface area contributed by atoms with E-state index in [0.29, 0.717) is 11.8 Å². The summed E-state index contributed by atoms with van der Waals surface area (Å²) in [7, 11) is 0. The Morgan fingerprint density at radius 2 is 2.12 bits per heavy atom. The number of nitrogens with two attached hydrogens (primary N) is 1. The number of aromatic nitrogens is 2. The number of nitrogens with zero attached hydrogens (tertiary/aromatic N) is 2. The number of rotatable bonds is 3. The minimum absolute atomic E-state index is 0.375. The molecule has 2 rings (SSSR count). The Hall–Kier alpha value is -1.66. The maximum absolute atomic E-state index is 5.23. The first kappa shape index (κ1) is 10.8. The summed E-state index contributed by atoms with van der Waals surface area (Å²) in [6, 6.07) is 9.57. The van der Waals surface area contributed by atoms with Gasteiger partial charge >= 0.3 is 0 Å². The molecule has 0 radical (unpaired) electrons. The van der Waals surface area contributed by atoms with Crippen LogP contribution < -0.4 is 16.6 Å². The van der Waals surface area contributed by atoms with Gasteiger partial charge in [-0.25, -0.2) is 10.8 Å². The average Bonchev–Trinajstić information content (AvgIpc) is 2.29. The van der Waals surface area contributed by atoms with E-state index in [1.54, 1.807) is 12.3 Å². The maximum atomic E-state index is 5.23. The van der Waals surface area contributed by atoms with E-state index in [2.05, 4.69) is 36.6 Å². The fourth-order valence-electron chi connectivity index (χ4n) is 1.21. The highest BCUT2D eigenvalue weighted by Gasteiger charge is 1.98. The smallest absolute Gasteiger partial charge is 0.239 e. The third kappa shape index (κ3) is 2.68. The molecule has 0 aliphatic heterocycles. The molecular weight excluding hydrogens is 270 g/mol. The van der Waals surface area contributed by atoms with E-state index in [1.165, 1.54) is 0 Å². The van der Waals surface area contributed by atoms with Crippen molar-refractivity contribution in [3.63, 3.8) is 0 Å². The predicted molar refractivity (Wildman–Crippen MR) is 67.3 cm³/mol. The molecule has 0 saturated carbocycles. The van der Waals surface area contributed by atoms with E-state index in [0.717, 1.165) is 10.2 Å². The predicted octanol–water partition coefficient (Wildman–Crippen LogP) is 2.27. The second kappa shape index (κ2) is 4.91. The van der Waals surface area contributed by atoms with Crippen molar-refractivity contribution in [1.82, 2.24) is 9.97 Å². The van der Waals surface area contributed by atoms with Crippen LogP contribution in [0.4, 0.5) is 17.5 Å². The molecule has 5 nitrogen and oxygen atoms in total. The zero-order chi connectivity index (χ0) is 11.4. The lowest BCUT2D eigenvalue weighted by Gasteiger charge is -2.06. The molecule has 0 aliphatic carbocycles. The highest BCUT2D eigenvalue weighted by Crippen LogP contribution is 2.19. The third-order valence-electron chi connectivity index (χ3n) is 1.88. The monoisotopic (exact) mass is 279 g/mol. The number of benzene rings is 1. The van der Waals surface area contributed by atoms with Crippen molar-refractivity contribution in [2.75, 3.05) is 10.7 Å².